The summed E-state index contributed by atoms with van der Waals surface area (Å²) < 4.78 is 19.7. The number of amides is 1. The largest absolute Gasteiger partial charge is 0.490 e. The van der Waals surface area contributed by atoms with Crippen LogP contribution in [0.4, 0.5) is 10.1 Å². The summed E-state index contributed by atoms with van der Waals surface area (Å²) in [4.78, 5) is 14.4. The molecule has 0 saturated carbocycles. The Morgan fingerprint density at radius 3 is 2.64 bits per heavy atom. The summed E-state index contributed by atoms with van der Waals surface area (Å²) in [5.74, 6) is 0.902. The Hall–Kier alpha value is -1.76. The predicted molar refractivity (Wildman–Crippen MR) is 114 cm³/mol. The van der Waals surface area contributed by atoms with Gasteiger partial charge in [-0.1, -0.05) is 17.7 Å². The molecule has 2 aromatic carbocycles. The molecule has 0 spiro atoms. The van der Waals surface area contributed by atoms with Gasteiger partial charge in [-0.05, 0) is 56.3 Å². The molecule has 0 aliphatic carbocycles. The van der Waals surface area contributed by atoms with E-state index in [1.54, 1.807) is 12.1 Å². The van der Waals surface area contributed by atoms with Gasteiger partial charge < -0.3 is 15.0 Å². The molecular formula is C21H24ClFN2O2S. The van der Waals surface area contributed by atoms with E-state index >= 15 is 0 Å². The van der Waals surface area contributed by atoms with Crippen LogP contribution in [0.3, 0.4) is 0 Å². The summed E-state index contributed by atoms with van der Waals surface area (Å²) in [6.45, 7) is 2.10. The maximum Gasteiger partial charge on any atom is 0.234 e. The number of hydrogen-bond acceptors (Lipinski definition) is 4. The molecule has 2 aromatic rings. The number of carbonyl (C=O) groups excluding carboxylic acids is 1. The van der Waals surface area contributed by atoms with E-state index < -0.39 is 0 Å². The molecule has 7 heteroatoms. The van der Waals surface area contributed by atoms with E-state index in [-0.39, 0.29) is 23.6 Å². The molecule has 3 rings (SSSR count). The minimum Gasteiger partial charge on any atom is -0.490 e. The minimum atomic E-state index is -0.347. The highest BCUT2D eigenvalue weighted by atomic mass is 35.5. The van der Waals surface area contributed by atoms with Crippen molar-refractivity contribution in [2.45, 2.75) is 24.7 Å². The average Bonchev–Trinajstić information content (AvgIpc) is 2.67. The van der Waals surface area contributed by atoms with Crippen molar-refractivity contribution < 1.29 is 13.9 Å². The lowest BCUT2D eigenvalue weighted by Gasteiger charge is -2.29. The number of ether oxygens (including phenoxy) is 1. The van der Waals surface area contributed by atoms with Crippen LogP contribution >= 0.6 is 23.4 Å². The monoisotopic (exact) mass is 422 g/mol. The Kier molecular flexibility index (Phi) is 7.59. The molecule has 0 unspecified atom stereocenters. The van der Waals surface area contributed by atoms with Crippen LogP contribution in [0.2, 0.25) is 5.02 Å². The summed E-state index contributed by atoms with van der Waals surface area (Å²) in [5.41, 5.74) is 1.14. The third kappa shape index (κ3) is 6.12. The number of nitrogens with zero attached hydrogens (tertiary/aromatic N) is 1. The summed E-state index contributed by atoms with van der Waals surface area (Å²) in [6, 6.07) is 12.0. The van der Waals surface area contributed by atoms with Crippen LogP contribution in [0.1, 0.15) is 18.4 Å². The smallest absolute Gasteiger partial charge is 0.234 e. The number of benzene rings is 2. The van der Waals surface area contributed by atoms with E-state index in [0.29, 0.717) is 22.0 Å². The Bertz CT molecular complexity index is 775. The zero-order chi connectivity index (χ0) is 19.9. The molecule has 1 aliphatic heterocycles. The lowest BCUT2D eigenvalue weighted by molar-refractivity contribution is -0.113. The van der Waals surface area contributed by atoms with Gasteiger partial charge in [0.25, 0.3) is 0 Å². The van der Waals surface area contributed by atoms with Crippen LogP contribution in [-0.2, 0) is 10.5 Å². The third-order valence-corrected chi connectivity index (χ3v) is 5.96. The van der Waals surface area contributed by atoms with E-state index in [1.807, 2.05) is 24.3 Å². The number of likely N-dealkylation sites (tertiary alicyclic amines) is 1. The molecule has 0 bridgehead atoms. The molecule has 0 aromatic heterocycles. The fraction of sp³-hybridized carbons (Fsp3) is 0.381. The van der Waals surface area contributed by atoms with Gasteiger partial charge in [0.2, 0.25) is 5.91 Å². The van der Waals surface area contributed by atoms with Crippen molar-refractivity contribution in [3.05, 3.63) is 58.9 Å². The predicted octanol–water partition coefficient (Wildman–Crippen LogP) is 4.82. The van der Waals surface area contributed by atoms with Crippen LogP contribution < -0.4 is 10.1 Å². The first kappa shape index (κ1) is 21.0. The number of halogens is 2. The first-order valence-electron chi connectivity index (χ1n) is 9.27. The van der Waals surface area contributed by atoms with E-state index in [2.05, 4.69) is 17.3 Å². The van der Waals surface area contributed by atoms with E-state index in [4.69, 9.17) is 16.3 Å². The topological polar surface area (TPSA) is 41.6 Å². The molecule has 1 N–H and O–H groups in total. The molecule has 1 saturated heterocycles. The number of thioether (sulfide) groups is 1. The first-order chi connectivity index (χ1) is 13.5. The molecule has 1 aliphatic rings. The molecule has 4 nitrogen and oxygen atoms in total. The zero-order valence-corrected chi connectivity index (χ0v) is 17.4. The highest BCUT2D eigenvalue weighted by Gasteiger charge is 2.18. The fourth-order valence-electron chi connectivity index (χ4n) is 3.03. The molecule has 0 radical (unpaired) electrons. The fourth-order valence-corrected chi connectivity index (χ4v) is 4.19. The minimum absolute atomic E-state index is 0.138. The molecule has 1 heterocycles. The van der Waals surface area contributed by atoms with Crippen molar-refractivity contribution in [1.29, 1.82) is 0 Å². The maximum atomic E-state index is 13.7. The number of rotatable bonds is 7. The van der Waals surface area contributed by atoms with Crippen LogP contribution in [0.5, 0.6) is 5.75 Å². The van der Waals surface area contributed by atoms with Gasteiger partial charge in [-0.15, -0.1) is 11.8 Å². The summed E-state index contributed by atoms with van der Waals surface area (Å²) in [7, 11) is 2.12. The van der Waals surface area contributed by atoms with Crippen molar-refractivity contribution >= 4 is 35.0 Å². The number of hydrogen-bond donors (Lipinski definition) is 1. The van der Waals surface area contributed by atoms with Crippen LogP contribution in [0, 0.1) is 5.82 Å². The van der Waals surface area contributed by atoms with Crippen molar-refractivity contribution in [1.82, 2.24) is 4.90 Å². The normalized spacial score (nSPS) is 15.4. The van der Waals surface area contributed by atoms with Gasteiger partial charge >= 0.3 is 0 Å². The Labute approximate surface area is 174 Å². The van der Waals surface area contributed by atoms with Crippen LogP contribution in [0.25, 0.3) is 0 Å². The third-order valence-electron chi connectivity index (χ3n) is 4.65. The highest BCUT2D eigenvalue weighted by molar-refractivity contribution is 7.99. The Morgan fingerprint density at radius 1 is 1.25 bits per heavy atom. The molecule has 1 amide bonds. The van der Waals surface area contributed by atoms with Gasteiger partial charge in [-0.25, -0.2) is 4.39 Å². The number of carbonyl (C=O) groups is 1. The summed E-state index contributed by atoms with van der Waals surface area (Å²) >= 11 is 7.32. The van der Waals surface area contributed by atoms with E-state index in [9.17, 15) is 9.18 Å². The lowest BCUT2D eigenvalue weighted by Crippen LogP contribution is -2.35. The zero-order valence-electron chi connectivity index (χ0n) is 15.8. The SMILES string of the molecule is CN1CCC(Oc2ccc(NC(=O)CSCc3c(F)cccc3Cl)cc2)CC1. The van der Waals surface area contributed by atoms with Crippen LogP contribution in [0.15, 0.2) is 42.5 Å². The molecular weight excluding hydrogens is 399 g/mol. The quantitative estimate of drug-likeness (QED) is 0.694. The standard InChI is InChI=1S/C21H24ClFN2O2S/c1-25-11-9-17(10-12-25)27-16-7-5-15(6-8-16)24-21(26)14-28-13-18-19(22)3-2-4-20(18)23/h2-8,17H,9-14H2,1H3,(H,24,26). The first-order valence-corrected chi connectivity index (χ1v) is 10.8. The maximum absolute atomic E-state index is 13.7. The van der Waals surface area contributed by atoms with Gasteiger partial charge in [0.1, 0.15) is 17.7 Å². The number of nitrogens with one attached hydrogen (secondary N) is 1. The second-order valence-electron chi connectivity index (χ2n) is 6.89. The summed E-state index contributed by atoms with van der Waals surface area (Å²) in [6.07, 6.45) is 2.30. The second-order valence-corrected chi connectivity index (χ2v) is 8.28. The Morgan fingerprint density at radius 2 is 1.96 bits per heavy atom. The van der Waals surface area contributed by atoms with Crippen molar-refractivity contribution in [3.8, 4) is 5.75 Å². The highest BCUT2D eigenvalue weighted by Crippen LogP contribution is 2.24. The van der Waals surface area contributed by atoms with Crippen molar-refractivity contribution in [2.75, 3.05) is 31.2 Å². The lowest BCUT2D eigenvalue weighted by atomic mass is 10.1. The van der Waals surface area contributed by atoms with Gasteiger partial charge in [-0.3, -0.25) is 4.79 Å². The van der Waals surface area contributed by atoms with Gasteiger partial charge in [0.05, 0.1) is 5.75 Å². The van der Waals surface area contributed by atoms with E-state index in [1.165, 1.54) is 17.8 Å². The molecule has 28 heavy (non-hydrogen) atoms. The average molecular weight is 423 g/mol. The van der Waals surface area contributed by atoms with Crippen LogP contribution in [-0.4, -0.2) is 42.8 Å². The van der Waals surface area contributed by atoms with Gasteiger partial charge in [0, 0.05) is 35.1 Å². The summed E-state index contributed by atoms with van der Waals surface area (Å²) in [5, 5.41) is 3.23. The second kappa shape index (κ2) is 10.1. The number of piperidine rings is 1. The molecule has 0 atom stereocenters. The van der Waals surface area contributed by atoms with Gasteiger partial charge in [0.15, 0.2) is 0 Å². The Balaban J connectivity index is 1.43. The van der Waals surface area contributed by atoms with Gasteiger partial charge in [-0.2, -0.15) is 0 Å². The molecule has 1 fully saturated rings. The van der Waals surface area contributed by atoms with E-state index in [0.717, 1.165) is 31.7 Å². The van der Waals surface area contributed by atoms with Crippen molar-refractivity contribution in [2.24, 2.45) is 0 Å². The number of anilines is 1. The van der Waals surface area contributed by atoms with Crippen molar-refractivity contribution in [3.63, 3.8) is 0 Å². The molecule has 150 valence electrons.